The van der Waals surface area contributed by atoms with Crippen LogP contribution in [0.5, 0.6) is 0 Å². The number of anilines is 1. The number of hydrogen-bond donors (Lipinski definition) is 2. The number of aromatic nitrogens is 3. The van der Waals surface area contributed by atoms with E-state index in [4.69, 9.17) is 0 Å². The lowest BCUT2D eigenvalue weighted by Crippen LogP contribution is -2.60. The van der Waals surface area contributed by atoms with E-state index in [0.29, 0.717) is 31.3 Å². The van der Waals surface area contributed by atoms with Crippen molar-refractivity contribution >= 4 is 11.6 Å². The van der Waals surface area contributed by atoms with Crippen molar-refractivity contribution in [3.8, 4) is 6.19 Å². The second kappa shape index (κ2) is 7.07. The van der Waals surface area contributed by atoms with Crippen molar-refractivity contribution in [2.24, 2.45) is 16.7 Å². The lowest BCUT2D eigenvalue weighted by molar-refractivity contribution is -0.126. The van der Waals surface area contributed by atoms with Crippen molar-refractivity contribution in [1.29, 1.82) is 5.26 Å². The number of aliphatic hydroxyl groups excluding tert-OH is 1. The quantitative estimate of drug-likeness (QED) is 0.648. The predicted octanol–water partition coefficient (Wildman–Crippen LogP) is 3.16. The molecule has 1 aromatic heterocycles. The summed E-state index contributed by atoms with van der Waals surface area (Å²) in [6.45, 7) is 3.44. The first-order chi connectivity index (χ1) is 16.9. The maximum absolute atomic E-state index is 13.9. The van der Waals surface area contributed by atoms with Gasteiger partial charge in [0.1, 0.15) is 0 Å². The van der Waals surface area contributed by atoms with Crippen molar-refractivity contribution in [3.05, 3.63) is 41.7 Å². The van der Waals surface area contributed by atoms with Crippen LogP contribution in [0.1, 0.15) is 69.0 Å². The number of rotatable bonds is 5. The fourth-order valence-corrected chi connectivity index (χ4v) is 8.10. The van der Waals surface area contributed by atoms with Crippen LogP contribution in [0.4, 0.5) is 5.69 Å². The van der Waals surface area contributed by atoms with Crippen LogP contribution in [0.25, 0.3) is 0 Å². The minimum atomic E-state index is -0.858. The van der Waals surface area contributed by atoms with Crippen molar-refractivity contribution in [1.82, 2.24) is 19.9 Å². The molecule has 3 aliphatic carbocycles. The number of nitriles is 1. The number of carbonyl (C=O) groups is 1. The molecule has 1 spiro atoms. The van der Waals surface area contributed by atoms with Crippen LogP contribution in [-0.4, -0.2) is 49.6 Å². The summed E-state index contributed by atoms with van der Waals surface area (Å²) >= 11 is 0. The Labute approximate surface area is 205 Å². The molecule has 7 rings (SSSR count). The van der Waals surface area contributed by atoms with Gasteiger partial charge in [-0.25, -0.2) is 0 Å². The number of benzene rings is 1. The monoisotopic (exact) mass is 472 g/mol. The highest BCUT2D eigenvalue weighted by Gasteiger charge is 2.75. The van der Waals surface area contributed by atoms with E-state index in [9.17, 15) is 15.2 Å². The van der Waals surface area contributed by atoms with E-state index >= 15 is 0 Å². The van der Waals surface area contributed by atoms with E-state index < -0.39 is 5.41 Å². The average Bonchev–Trinajstić information content (AvgIpc) is 3.72. The molecule has 0 bridgehead atoms. The molecule has 4 fully saturated rings. The number of nitrogens with zero attached hydrogens (tertiary/aromatic N) is 5. The number of hydrogen-bond acceptors (Lipinski definition) is 6. The van der Waals surface area contributed by atoms with Gasteiger partial charge in [-0.15, -0.1) is 5.10 Å². The standard InChI is InChI=1S/C27H32N6O2/c1-25-15-26(25)12-22(32(16-28)13-18(26)8-9-23(25)34)27(19-4-2-3-5-20(19)29-24(27)35)10-11-33-14-21(30-31-33)17-6-7-17/h2-5,14,17-18,22-23,34H,6-13,15H2,1H3,(H,29,35)/t18-,22-,23-,25-,26+,27-/m0/s1. The van der Waals surface area contributed by atoms with E-state index in [2.05, 4.69) is 28.7 Å². The van der Waals surface area contributed by atoms with Gasteiger partial charge in [-0.05, 0) is 67.9 Å². The molecule has 3 saturated carbocycles. The number of nitrogens with one attached hydrogen (secondary N) is 1. The SMILES string of the molecule is C[C@@]12C[C@@]13C[C@@H]([C@@]1(CCn4cc(C5CC5)nn4)C(=O)Nc4ccccc41)N(C#N)C[C@@H]3CC[C@@H]2O. The number of para-hydroxylation sites is 1. The molecule has 0 radical (unpaired) electrons. The molecule has 1 aromatic carbocycles. The van der Waals surface area contributed by atoms with Gasteiger partial charge < -0.3 is 15.3 Å². The van der Waals surface area contributed by atoms with Gasteiger partial charge in [0.05, 0.1) is 23.3 Å². The summed E-state index contributed by atoms with van der Waals surface area (Å²) < 4.78 is 1.87. The normalized spacial score (nSPS) is 39.3. The van der Waals surface area contributed by atoms with Crippen LogP contribution < -0.4 is 5.32 Å². The first kappa shape index (κ1) is 21.4. The van der Waals surface area contributed by atoms with Crippen molar-refractivity contribution in [2.45, 2.75) is 81.9 Å². The predicted molar refractivity (Wildman–Crippen MR) is 128 cm³/mol. The molecular formula is C27H32N6O2. The van der Waals surface area contributed by atoms with Crippen LogP contribution in [0, 0.1) is 28.2 Å². The van der Waals surface area contributed by atoms with E-state index in [1.54, 1.807) is 0 Å². The highest BCUT2D eigenvalue weighted by atomic mass is 16.3. The molecule has 8 nitrogen and oxygen atoms in total. The number of fused-ring (bicyclic) bond motifs is 1. The third-order valence-electron chi connectivity index (χ3n) is 10.4. The number of aryl methyl sites for hydroxylation is 1. The van der Waals surface area contributed by atoms with Crippen LogP contribution in [0.15, 0.2) is 30.5 Å². The topological polar surface area (TPSA) is 107 Å². The first-order valence-electron chi connectivity index (χ1n) is 13.1. The highest BCUT2D eigenvalue weighted by Crippen LogP contribution is 2.77. The van der Waals surface area contributed by atoms with E-state index in [0.717, 1.165) is 42.6 Å². The van der Waals surface area contributed by atoms with E-state index in [-0.39, 0.29) is 28.9 Å². The van der Waals surface area contributed by atoms with Gasteiger partial charge in [0.2, 0.25) is 5.91 Å². The third kappa shape index (κ3) is 2.79. The fraction of sp³-hybridized carbons (Fsp3) is 0.630. The Bertz CT molecular complexity index is 1250. The average molecular weight is 473 g/mol. The zero-order chi connectivity index (χ0) is 24.0. The molecule has 35 heavy (non-hydrogen) atoms. The Hall–Kier alpha value is -2.92. The van der Waals surface area contributed by atoms with E-state index in [1.165, 1.54) is 12.8 Å². The van der Waals surface area contributed by atoms with Crippen LogP contribution in [0.2, 0.25) is 0 Å². The van der Waals surface area contributed by atoms with Crippen LogP contribution >= 0.6 is 0 Å². The van der Waals surface area contributed by atoms with Gasteiger partial charge in [-0.3, -0.25) is 9.48 Å². The Kier molecular flexibility index (Phi) is 4.32. The zero-order valence-corrected chi connectivity index (χ0v) is 20.2. The number of piperidine rings is 1. The molecule has 2 N–H and O–H groups in total. The lowest BCUT2D eigenvalue weighted by Gasteiger charge is -2.52. The molecule has 8 heteroatoms. The summed E-state index contributed by atoms with van der Waals surface area (Å²) in [5.41, 5.74) is 1.89. The molecule has 0 unspecified atom stereocenters. The zero-order valence-electron chi connectivity index (χ0n) is 20.2. The first-order valence-corrected chi connectivity index (χ1v) is 13.1. The van der Waals surface area contributed by atoms with E-state index in [1.807, 2.05) is 40.0 Å². The van der Waals surface area contributed by atoms with Crippen molar-refractivity contribution < 1.29 is 9.90 Å². The molecule has 5 aliphatic rings. The summed E-state index contributed by atoms with van der Waals surface area (Å²) in [6.07, 6.45) is 10.6. The van der Waals surface area contributed by atoms with Crippen molar-refractivity contribution in [3.63, 3.8) is 0 Å². The maximum atomic E-state index is 13.9. The van der Waals surface area contributed by atoms with Crippen molar-refractivity contribution in [2.75, 3.05) is 11.9 Å². The molecule has 2 aliphatic heterocycles. The Morgan fingerprint density at radius 2 is 2.09 bits per heavy atom. The number of amides is 1. The smallest absolute Gasteiger partial charge is 0.237 e. The Balaban J connectivity index is 1.29. The van der Waals surface area contributed by atoms with Gasteiger partial charge in [0, 0.05) is 36.3 Å². The Morgan fingerprint density at radius 3 is 2.89 bits per heavy atom. The number of aliphatic hydroxyl groups is 1. The molecule has 3 heterocycles. The van der Waals surface area contributed by atoms with Crippen LogP contribution in [-0.2, 0) is 16.8 Å². The molecule has 2 aromatic rings. The number of likely N-dealkylation sites (tertiary alicyclic amines) is 1. The minimum absolute atomic E-state index is 0.000104. The maximum Gasteiger partial charge on any atom is 0.237 e. The lowest BCUT2D eigenvalue weighted by atomic mass is 9.60. The fourth-order valence-electron chi connectivity index (χ4n) is 8.10. The summed E-state index contributed by atoms with van der Waals surface area (Å²) in [5, 5.41) is 33.1. The number of carbonyl (C=O) groups excluding carboxylic acids is 1. The molecule has 1 amide bonds. The second-order valence-corrected chi connectivity index (χ2v) is 11.9. The third-order valence-corrected chi connectivity index (χ3v) is 10.4. The second-order valence-electron chi connectivity index (χ2n) is 11.9. The largest absolute Gasteiger partial charge is 0.393 e. The Morgan fingerprint density at radius 1 is 1.26 bits per heavy atom. The minimum Gasteiger partial charge on any atom is -0.393 e. The van der Waals surface area contributed by atoms with Gasteiger partial charge in [0.15, 0.2) is 6.19 Å². The highest BCUT2D eigenvalue weighted by molar-refractivity contribution is 6.07. The van der Waals surface area contributed by atoms with Gasteiger partial charge in [-0.1, -0.05) is 30.3 Å². The van der Waals surface area contributed by atoms with Gasteiger partial charge in [0.25, 0.3) is 0 Å². The molecule has 1 saturated heterocycles. The summed E-state index contributed by atoms with van der Waals surface area (Å²) in [7, 11) is 0. The molecular weight excluding hydrogens is 440 g/mol. The van der Waals surface area contributed by atoms with Gasteiger partial charge in [-0.2, -0.15) is 5.26 Å². The summed E-state index contributed by atoms with van der Waals surface area (Å²) in [5.74, 6) is 0.891. The van der Waals surface area contributed by atoms with Gasteiger partial charge >= 0.3 is 0 Å². The molecule has 6 atom stereocenters. The molecule has 182 valence electrons. The van der Waals surface area contributed by atoms with Crippen LogP contribution in [0.3, 0.4) is 0 Å². The summed E-state index contributed by atoms with van der Waals surface area (Å²) in [6, 6.07) is 7.68. The summed E-state index contributed by atoms with van der Waals surface area (Å²) in [4.78, 5) is 15.8.